The maximum atomic E-state index is 11.2. The van der Waals surface area contributed by atoms with Gasteiger partial charge >= 0.3 is 5.97 Å². The van der Waals surface area contributed by atoms with Gasteiger partial charge in [0.05, 0.1) is 24.4 Å². The third-order valence-electron chi connectivity index (χ3n) is 1.58. The number of carbonyl (C=O) groups is 1. The molecule has 0 saturated heterocycles. The molecule has 1 aromatic heterocycles. The second-order valence-electron chi connectivity index (χ2n) is 2.57. The first-order valence-corrected chi connectivity index (χ1v) is 4.61. The molecule has 0 bridgehead atoms. The molecule has 1 rings (SSSR count). The van der Waals surface area contributed by atoms with E-state index in [9.17, 15) is 4.79 Å². The van der Waals surface area contributed by atoms with Gasteiger partial charge in [0.2, 0.25) is 0 Å². The standard InChI is InChI=1S/C9H11ClN2O2/c1-2-14-9(13)7-3-4-8(6-12-10)11-5-7/h3-5,12H,2,6H2,1H3. The topological polar surface area (TPSA) is 51.2 Å². The highest BCUT2D eigenvalue weighted by Gasteiger charge is 2.05. The number of carbonyl (C=O) groups excluding carboxylic acids is 1. The molecule has 0 amide bonds. The molecule has 0 aliphatic carbocycles. The summed E-state index contributed by atoms with van der Waals surface area (Å²) in [5, 5.41) is 0. The molecule has 0 unspecified atom stereocenters. The lowest BCUT2D eigenvalue weighted by Gasteiger charge is -2.02. The third kappa shape index (κ3) is 2.97. The van der Waals surface area contributed by atoms with Crippen LogP contribution in [0.3, 0.4) is 0 Å². The summed E-state index contributed by atoms with van der Waals surface area (Å²) in [6.45, 7) is 2.59. The van der Waals surface area contributed by atoms with Crippen LogP contribution in [0.4, 0.5) is 0 Å². The zero-order chi connectivity index (χ0) is 10.4. The molecule has 0 radical (unpaired) electrons. The number of pyridine rings is 1. The molecule has 14 heavy (non-hydrogen) atoms. The Bertz CT molecular complexity index is 300. The average molecular weight is 215 g/mol. The van der Waals surface area contributed by atoms with Gasteiger partial charge in [-0.25, -0.2) is 9.63 Å². The van der Waals surface area contributed by atoms with E-state index in [0.717, 1.165) is 5.69 Å². The van der Waals surface area contributed by atoms with Crippen LogP contribution in [-0.4, -0.2) is 17.6 Å². The Morgan fingerprint density at radius 2 is 2.43 bits per heavy atom. The van der Waals surface area contributed by atoms with Crippen molar-refractivity contribution in [1.82, 2.24) is 9.82 Å². The van der Waals surface area contributed by atoms with Crippen LogP contribution in [0.25, 0.3) is 0 Å². The predicted molar refractivity (Wildman–Crippen MR) is 52.9 cm³/mol. The first-order chi connectivity index (χ1) is 6.77. The van der Waals surface area contributed by atoms with Crippen LogP contribution in [0, 0.1) is 0 Å². The van der Waals surface area contributed by atoms with Crippen molar-refractivity contribution in [3.63, 3.8) is 0 Å². The maximum Gasteiger partial charge on any atom is 0.339 e. The van der Waals surface area contributed by atoms with Gasteiger partial charge in [0.15, 0.2) is 0 Å². The molecule has 0 aromatic carbocycles. The van der Waals surface area contributed by atoms with Gasteiger partial charge in [0.1, 0.15) is 0 Å². The van der Waals surface area contributed by atoms with Crippen LogP contribution in [0.2, 0.25) is 0 Å². The Morgan fingerprint density at radius 1 is 1.64 bits per heavy atom. The molecule has 1 heterocycles. The van der Waals surface area contributed by atoms with Crippen LogP contribution >= 0.6 is 11.8 Å². The van der Waals surface area contributed by atoms with E-state index in [1.165, 1.54) is 6.20 Å². The SMILES string of the molecule is CCOC(=O)c1ccc(CNCl)nc1. The summed E-state index contributed by atoms with van der Waals surface area (Å²) in [6, 6.07) is 3.39. The fraction of sp³-hybridized carbons (Fsp3) is 0.333. The zero-order valence-corrected chi connectivity index (χ0v) is 8.54. The Labute approximate surface area is 87.4 Å². The van der Waals surface area contributed by atoms with E-state index in [0.29, 0.717) is 18.7 Å². The van der Waals surface area contributed by atoms with E-state index in [1.807, 2.05) is 0 Å². The first-order valence-electron chi connectivity index (χ1n) is 4.23. The summed E-state index contributed by atoms with van der Waals surface area (Å²) in [7, 11) is 0. The van der Waals surface area contributed by atoms with Crippen LogP contribution in [0.1, 0.15) is 23.0 Å². The van der Waals surface area contributed by atoms with E-state index >= 15 is 0 Å². The quantitative estimate of drug-likeness (QED) is 0.610. The van der Waals surface area contributed by atoms with Crippen molar-refractivity contribution >= 4 is 17.7 Å². The molecule has 0 fully saturated rings. The number of nitrogens with zero attached hydrogens (tertiary/aromatic N) is 1. The van der Waals surface area contributed by atoms with E-state index in [2.05, 4.69) is 9.82 Å². The molecule has 0 aliphatic rings. The van der Waals surface area contributed by atoms with Crippen molar-refractivity contribution in [2.24, 2.45) is 0 Å². The van der Waals surface area contributed by atoms with Gasteiger partial charge in [0.25, 0.3) is 0 Å². The smallest absolute Gasteiger partial charge is 0.339 e. The van der Waals surface area contributed by atoms with Gasteiger partial charge in [-0.2, -0.15) is 0 Å². The zero-order valence-electron chi connectivity index (χ0n) is 7.79. The van der Waals surface area contributed by atoms with Crippen molar-refractivity contribution in [2.75, 3.05) is 6.61 Å². The molecular formula is C9H11ClN2O2. The van der Waals surface area contributed by atoms with Gasteiger partial charge < -0.3 is 4.74 Å². The van der Waals surface area contributed by atoms with Crippen molar-refractivity contribution in [3.05, 3.63) is 29.6 Å². The number of nitrogens with one attached hydrogen (secondary N) is 1. The van der Waals surface area contributed by atoms with Gasteiger partial charge in [-0.3, -0.25) is 4.98 Å². The summed E-state index contributed by atoms with van der Waals surface area (Å²) in [5.74, 6) is -0.356. The molecule has 4 nitrogen and oxygen atoms in total. The van der Waals surface area contributed by atoms with Gasteiger partial charge in [-0.05, 0) is 30.8 Å². The highest BCUT2D eigenvalue weighted by molar-refractivity contribution is 6.13. The predicted octanol–water partition coefficient (Wildman–Crippen LogP) is 1.50. The maximum absolute atomic E-state index is 11.2. The van der Waals surface area contributed by atoms with E-state index in [1.54, 1.807) is 19.1 Å². The Kier molecular flexibility index (Phi) is 4.35. The third-order valence-corrected chi connectivity index (χ3v) is 1.72. The fourth-order valence-electron chi connectivity index (χ4n) is 0.933. The van der Waals surface area contributed by atoms with Gasteiger partial charge in [-0.15, -0.1) is 0 Å². The molecule has 5 heteroatoms. The Morgan fingerprint density at radius 3 is 2.93 bits per heavy atom. The second-order valence-corrected chi connectivity index (χ2v) is 2.84. The minimum Gasteiger partial charge on any atom is -0.462 e. The molecular weight excluding hydrogens is 204 g/mol. The van der Waals surface area contributed by atoms with Crippen molar-refractivity contribution in [2.45, 2.75) is 13.5 Å². The van der Waals surface area contributed by atoms with Gasteiger partial charge in [-0.1, -0.05) is 0 Å². The monoisotopic (exact) mass is 214 g/mol. The molecule has 1 N–H and O–H groups in total. The van der Waals surface area contributed by atoms with E-state index in [-0.39, 0.29) is 5.97 Å². The number of esters is 1. The minimum atomic E-state index is -0.356. The van der Waals surface area contributed by atoms with Crippen LogP contribution in [-0.2, 0) is 11.3 Å². The lowest BCUT2D eigenvalue weighted by Crippen LogP contribution is -2.07. The van der Waals surface area contributed by atoms with Crippen LogP contribution in [0.5, 0.6) is 0 Å². The summed E-state index contributed by atoms with van der Waals surface area (Å²) >= 11 is 5.31. The lowest BCUT2D eigenvalue weighted by atomic mass is 10.2. The minimum absolute atomic E-state index is 0.356. The number of hydrogen-bond donors (Lipinski definition) is 1. The summed E-state index contributed by atoms with van der Waals surface area (Å²) < 4.78 is 4.81. The first kappa shape index (κ1) is 10.9. The van der Waals surface area contributed by atoms with Crippen molar-refractivity contribution in [1.29, 1.82) is 0 Å². The Balaban J connectivity index is 2.67. The molecule has 0 aliphatic heterocycles. The molecule has 0 spiro atoms. The molecule has 0 saturated carbocycles. The number of hydrogen-bond acceptors (Lipinski definition) is 4. The second kappa shape index (κ2) is 5.57. The van der Waals surface area contributed by atoms with Crippen molar-refractivity contribution in [3.8, 4) is 0 Å². The number of ether oxygens (including phenoxy) is 1. The number of aromatic nitrogens is 1. The normalized spacial score (nSPS) is 9.86. The summed E-state index contributed by atoms with van der Waals surface area (Å²) in [5.41, 5.74) is 1.22. The average Bonchev–Trinajstić information content (AvgIpc) is 2.20. The van der Waals surface area contributed by atoms with E-state index in [4.69, 9.17) is 16.5 Å². The highest BCUT2D eigenvalue weighted by atomic mass is 35.5. The molecule has 76 valence electrons. The lowest BCUT2D eigenvalue weighted by molar-refractivity contribution is 0.0526. The molecule has 0 atom stereocenters. The van der Waals surface area contributed by atoms with Gasteiger partial charge in [0, 0.05) is 6.20 Å². The highest BCUT2D eigenvalue weighted by Crippen LogP contribution is 2.02. The van der Waals surface area contributed by atoms with Crippen molar-refractivity contribution < 1.29 is 9.53 Å². The largest absolute Gasteiger partial charge is 0.462 e. The summed E-state index contributed by atoms with van der Waals surface area (Å²) in [4.78, 5) is 17.7. The Hall–Kier alpha value is -1.13. The molecule has 1 aromatic rings. The number of rotatable bonds is 4. The summed E-state index contributed by atoms with van der Waals surface area (Å²) in [6.07, 6.45) is 1.47. The van der Waals surface area contributed by atoms with Crippen LogP contribution < -0.4 is 4.84 Å². The fourth-order valence-corrected chi connectivity index (χ4v) is 1.07. The van der Waals surface area contributed by atoms with Crippen LogP contribution in [0.15, 0.2) is 18.3 Å². The van der Waals surface area contributed by atoms with E-state index < -0.39 is 0 Å². The number of halogens is 1.